The molecule has 3 aromatic carbocycles. The first-order valence-electron chi connectivity index (χ1n) is 10.1. The lowest BCUT2D eigenvalue weighted by molar-refractivity contribution is 0.102. The molecule has 1 amide bonds. The quantitative estimate of drug-likeness (QED) is 0.332. The molecule has 0 unspecified atom stereocenters. The van der Waals surface area contributed by atoms with Gasteiger partial charge >= 0.3 is 0 Å². The predicted molar refractivity (Wildman–Crippen MR) is 132 cm³/mol. The van der Waals surface area contributed by atoms with Crippen LogP contribution in [0.25, 0.3) is 5.69 Å². The van der Waals surface area contributed by atoms with Crippen LogP contribution in [-0.4, -0.2) is 23.9 Å². The van der Waals surface area contributed by atoms with Crippen molar-refractivity contribution >= 4 is 39.5 Å². The minimum absolute atomic E-state index is 0.206. The van der Waals surface area contributed by atoms with E-state index in [2.05, 4.69) is 15.0 Å². The van der Waals surface area contributed by atoms with Crippen LogP contribution in [0.4, 0.5) is 11.4 Å². The molecule has 9 heteroatoms. The van der Waals surface area contributed by atoms with E-state index in [-0.39, 0.29) is 10.8 Å². The second kappa shape index (κ2) is 9.05. The zero-order valence-electron chi connectivity index (χ0n) is 18.0. The van der Waals surface area contributed by atoms with Crippen LogP contribution < -0.4 is 10.0 Å². The zero-order chi connectivity index (χ0) is 23.6. The summed E-state index contributed by atoms with van der Waals surface area (Å²) in [6, 6.07) is 18.9. The van der Waals surface area contributed by atoms with Gasteiger partial charge in [-0.15, -0.1) is 0 Å². The Bertz CT molecular complexity index is 1500. The van der Waals surface area contributed by atoms with Crippen molar-refractivity contribution in [2.75, 3.05) is 10.0 Å². The van der Waals surface area contributed by atoms with Crippen molar-refractivity contribution in [2.24, 2.45) is 0 Å². The van der Waals surface area contributed by atoms with E-state index in [1.165, 1.54) is 6.07 Å². The largest absolute Gasteiger partial charge is 0.337 e. The Morgan fingerprint density at radius 1 is 0.970 bits per heavy atom. The number of H-pyrrole nitrogens is 1. The van der Waals surface area contributed by atoms with Gasteiger partial charge in [0.25, 0.3) is 15.9 Å². The first-order chi connectivity index (χ1) is 15.7. The molecule has 0 fully saturated rings. The molecule has 4 rings (SSSR count). The van der Waals surface area contributed by atoms with Crippen LogP contribution in [-0.2, 0) is 10.0 Å². The highest BCUT2D eigenvalue weighted by atomic mass is 32.2. The molecular weight excluding hydrogens is 456 g/mol. The highest BCUT2D eigenvalue weighted by molar-refractivity contribution is 7.92. The Balaban J connectivity index is 1.55. The molecule has 0 spiro atoms. The fourth-order valence-corrected chi connectivity index (χ4v) is 5.01. The molecule has 1 heterocycles. The number of aryl methyl sites for hydroxylation is 2. The summed E-state index contributed by atoms with van der Waals surface area (Å²) < 4.78 is 30.7. The molecular formula is C24H22N4O3S2. The number of imidazole rings is 1. The van der Waals surface area contributed by atoms with E-state index in [9.17, 15) is 13.2 Å². The number of nitrogens with zero attached hydrogens (tertiary/aromatic N) is 1. The van der Waals surface area contributed by atoms with Crippen molar-refractivity contribution in [1.29, 1.82) is 0 Å². The molecule has 3 N–H and O–H groups in total. The smallest absolute Gasteiger partial charge is 0.262 e. The Hall–Kier alpha value is -3.69. The fraction of sp³-hybridized carbons (Fsp3) is 0.0833. The molecule has 0 saturated heterocycles. The standard InChI is InChI=1S/C24H22N4O3S2/c1-16-9-10-17(2)22(13-16)33(30,31)27-20-7-3-5-18(14-20)23(29)26-19-6-4-8-21(15-19)28-12-11-25-24(28)32/h3-15,27H,1-2H3,(H,25,32)(H,26,29). The van der Waals surface area contributed by atoms with E-state index < -0.39 is 10.0 Å². The fourth-order valence-electron chi connectivity index (χ4n) is 3.39. The van der Waals surface area contributed by atoms with Gasteiger partial charge in [-0.25, -0.2) is 8.42 Å². The summed E-state index contributed by atoms with van der Waals surface area (Å²) in [7, 11) is -3.80. The molecule has 168 valence electrons. The van der Waals surface area contributed by atoms with E-state index >= 15 is 0 Å². The SMILES string of the molecule is Cc1ccc(C)c(S(=O)(=O)Nc2cccc(C(=O)Nc3cccc(-n4cc[nH]c4=S)c3)c2)c1. The summed E-state index contributed by atoms with van der Waals surface area (Å²) >= 11 is 5.25. The average Bonchev–Trinajstić information content (AvgIpc) is 3.21. The third-order valence-electron chi connectivity index (χ3n) is 5.04. The first-order valence-corrected chi connectivity index (χ1v) is 12.0. The maximum absolute atomic E-state index is 12.9. The van der Waals surface area contributed by atoms with Crippen molar-refractivity contribution in [3.05, 3.63) is 101 Å². The third-order valence-corrected chi connectivity index (χ3v) is 6.88. The van der Waals surface area contributed by atoms with Gasteiger partial charge in [-0.2, -0.15) is 0 Å². The number of hydrogen-bond donors (Lipinski definition) is 3. The number of rotatable bonds is 6. The van der Waals surface area contributed by atoms with E-state index in [0.29, 0.717) is 27.3 Å². The number of anilines is 2. The van der Waals surface area contributed by atoms with Gasteiger partial charge in [0.1, 0.15) is 0 Å². The van der Waals surface area contributed by atoms with E-state index in [1.807, 2.05) is 25.1 Å². The van der Waals surface area contributed by atoms with Gasteiger partial charge < -0.3 is 10.3 Å². The van der Waals surface area contributed by atoms with Crippen LogP contribution in [0.1, 0.15) is 21.5 Å². The van der Waals surface area contributed by atoms with Crippen molar-refractivity contribution < 1.29 is 13.2 Å². The summed E-state index contributed by atoms with van der Waals surface area (Å²) in [5.41, 5.74) is 3.49. The first kappa shape index (κ1) is 22.5. The molecule has 0 saturated carbocycles. The van der Waals surface area contributed by atoms with Gasteiger partial charge in [0.15, 0.2) is 4.77 Å². The van der Waals surface area contributed by atoms with Crippen LogP contribution >= 0.6 is 12.2 Å². The van der Waals surface area contributed by atoms with Gasteiger partial charge in [0.2, 0.25) is 0 Å². The van der Waals surface area contributed by atoms with Crippen LogP contribution in [0.15, 0.2) is 84.0 Å². The van der Waals surface area contributed by atoms with E-state index in [4.69, 9.17) is 12.2 Å². The number of carbonyl (C=O) groups excluding carboxylic acids is 1. The van der Waals surface area contributed by atoms with Gasteiger partial charge in [0.05, 0.1) is 4.90 Å². The summed E-state index contributed by atoms with van der Waals surface area (Å²) in [6.07, 6.45) is 3.53. The van der Waals surface area contributed by atoms with Gasteiger partial charge in [0, 0.05) is 35.0 Å². The second-order valence-electron chi connectivity index (χ2n) is 7.59. The Kier molecular flexibility index (Phi) is 6.17. The van der Waals surface area contributed by atoms with Crippen molar-refractivity contribution in [3.8, 4) is 5.69 Å². The Morgan fingerprint density at radius 3 is 2.48 bits per heavy atom. The third kappa shape index (κ3) is 5.05. The van der Waals surface area contributed by atoms with Crippen molar-refractivity contribution in [3.63, 3.8) is 0 Å². The number of sulfonamides is 1. The monoisotopic (exact) mass is 478 g/mol. The van der Waals surface area contributed by atoms with Crippen LogP contribution in [0.2, 0.25) is 0 Å². The average molecular weight is 479 g/mol. The van der Waals surface area contributed by atoms with E-state index in [1.54, 1.807) is 66.3 Å². The summed E-state index contributed by atoms with van der Waals surface area (Å²) in [5.74, 6) is -0.363. The molecule has 33 heavy (non-hydrogen) atoms. The highest BCUT2D eigenvalue weighted by Crippen LogP contribution is 2.22. The highest BCUT2D eigenvalue weighted by Gasteiger charge is 2.18. The summed E-state index contributed by atoms with van der Waals surface area (Å²) in [4.78, 5) is 16.0. The minimum Gasteiger partial charge on any atom is -0.337 e. The lowest BCUT2D eigenvalue weighted by Crippen LogP contribution is -2.16. The number of amides is 1. The maximum Gasteiger partial charge on any atom is 0.262 e. The minimum atomic E-state index is -3.80. The molecule has 0 aliphatic carbocycles. The molecule has 4 aromatic rings. The Morgan fingerprint density at radius 2 is 1.73 bits per heavy atom. The number of carbonyl (C=O) groups is 1. The number of nitrogens with one attached hydrogen (secondary N) is 3. The number of hydrogen-bond acceptors (Lipinski definition) is 4. The second-order valence-corrected chi connectivity index (χ2v) is 9.63. The van der Waals surface area contributed by atoms with Gasteiger partial charge in [-0.05, 0) is 79.7 Å². The zero-order valence-corrected chi connectivity index (χ0v) is 19.6. The Labute approximate surface area is 197 Å². The van der Waals surface area contributed by atoms with Crippen LogP contribution in [0, 0.1) is 18.6 Å². The van der Waals surface area contributed by atoms with Crippen molar-refractivity contribution in [2.45, 2.75) is 18.7 Å². The van der Waals surface area contributed by atoms with Crippen molar-refractivity contribution in [1.82, 2.24) is 9.55 Å². The molecule has 0 aliphatic heterocycles. The lowest BCUT2D eigenvalue weighted by atomic mass is 10.2. The molecule has 0 radical (unpaired) electrons. The molecule has 0 bridgehead atoms. The number of aromatic amines is 1. The molecule has 7 nitrogen and oxygen atoms in total. The predicted octanol–water partition coefficient (Wildman–Crippen LogP) is 5.20. The lowest BCUT2D eigenvalue weighted by Gasteiger charge is -2.12. The molecule has 0 aliphatic rings. The molecule has 1 aromatic heterocycles. The van der Waals surface area contributed by atoms with Crippen LogP contribution in [0.3, 0.4) is 0 Å². The summed E-state index contributed by atoms with van der Waals surface area (Å²) in [6.45, 7) is 3.58. The topological polar surface area (TPSA) is 96.0 Å². The summed E-state index contributed by atoms with van der Waals surface area (Å²) in [5, 5.41) is 2.84. The number of benzene rings is 3. The molecule has 0 atom stereocenters. The van der Waals surface area contributed by atoms with E-state index in [0.717, 1.165) is 11.3 Å². The number of aromatic nitrogens is 2. The van der Waals surface area contributed by atoms with Crippen LogP contribution in [0.5, 0.6) is 0 Å². The maximum atomic E-state index is 12.9. The van der Waals surface area contributed by atoms with Gasteiger partial charge in [-0.3, -0.25) is 14.1 Å². The normalized spacial score (nSPS) is 11.2. The van der Waals surface area contributed by atoms with Gasteiger partial charge in [-0.1, -0.05) is 24.3 Å².